The molecular weight excluding hydrogens is 1080 g/mol. The molecule has 13 nitrogen and oxygen atoms in total. The highest BCUT2D eigenvalue weighted by Gasteiger charge is 2.44. The summed E-state index contributed by atoms with van der Waals surface area (Å²) in [6, 6.07) is 0. The Hall–Kier alpha value is -4.16. The van der Waals surface area contributed by atoms with Crippen molar-refractivity contribution in [2.24, 2.45) is 104 Å². The van der Waals surface area contributed by atoms with E-state index in [4.69, 9.17) is 11.7 Å². The molecule has 0 rings (SSSR count). The van der Waals surface area contributed by atoms with Gasteiger partial charge in [-0.1, -0.05) is 152 Å². The summed E-state index contributed by atoms with van der Waals surface area (Å²) in [6.45, 7) is 49.8. The Balaban J connectivity index is 6.42. The SMILES string of the molecule is [CH]C(CC(C)C)C(=O)CC(C)(C)C(=O)CC(CC(C)C)C(=O)CC(C)(C)C(=O)CC(CC(C)C)C(=O)CC(C)(C)C(=O)CC(CC(C)C)C(=O)CC(C)(C)C(=O)CC(CC(C)C)C(=O)CC(C)(C)C(=O)CC(CC(C)C)C(=O)CC(C)(C)C(=O)OC. The van der Waals surface area contributed by atoms with Crippen LogP contribution in [0.1, 0.15) is 275 Å². The summed E-state index contributed by atoms with van der Waals surface area (Å²) in [7, 11) is 1.27. The molecule has 6 unspecified atom stereocenters. The standard InChI is InChI=1S/C73H122O13/c1-44(2)27-50(13)56(74)38-68(14,15)62(80)33-51(28-45(3)4)57(75)39-69(16,17)63(81)34-52(29-46(5)6)58(76)40-70(18,19)64(82)35-53(30-47(7)8)59(77)41-71(20,21)65(83)36-54(31-48(9)10)60(78)42-72(22,23)66(84)37-55(32-49(11)12)61(79)43-73(24,25)67(85)86-26/h13,44-55H,27-43H2,1-12,14-26H3. The summed E-state index contributed by atoms with van der Waals surface area (Å²) in [5.41, 5.74) is -6.90. The fourth-order valence-electron chi connectivity index (χ4n) is 11.9. The molecule has 492 valence electrons. The summed E-state index contributed by atoms with van der Waals surface area (Å²) in [5.74, 6) is -7.14. The van der Waals surface area contributed by atoms with E-state index >= 15 is 0 Å². The summed E-state index contributed by atoms with van der Waals surface area (Å²) in [5, 5.41) is 0. The molecule has 0 heterocycles. The quantitative estimate of drug-likeness (QED) is 0.0519. The van der Waals surface area contributed by atoms with E-state index in [-0.39, 0.29) is 170 Å². The van der Waals surface area contributed by atoms with Gasteiger partial charge >= 0.3 is 5.97 Å². The van der Waals surface area contributed by atoms with E-state index in [1.165, 1.54) is 7.11 Å². The van der Waals surface area contributed by atoms with E-state index in [0.29, 0.717) is 38.5 Å². The highest BCUT2D eigenvalue weighted by atomic mass is 16.5. The fraction of sp³-hybridized carbons (Fsp3) is 0.822. The Morgan fingerprint density at radius 1 is 0.279 bits per heavy atom. The first-order chi connectivity index (χ1) is 38.8. The predicted octanol–water partition coefficient (Wildman–Crippen LogP) is 15.6. The Morgan fingerprint density at radius 2 is 0.442 bits per heavy atom. The molecule has 0 saturated carbocycles. The molecule has 0 aromatic rings. The van der Waals surface area contributed by atoms with E-state index in [2.05, 4.69) is 0 Å². The van der Waals surface area contributed by atoms with Crippen molar-refractivity contribution >= 4 is 69.6 Å². The minimum Gasteiger partial charge on any atom is -0.469 e. The van der Waals surface area contributed by atoms with Gasteiger partial charge in [0, 0.05) is 133 Å². The van der Waals surface area contributed by atoms with E-state index in [1.54, 1.807) is 83.1 Å². The Labute approximate surface area is 522 Å². The van der Waals surface area contributed by atoms with E-state index < -0.39 is 74.0 Å². The molecule has 0 aromatic carbocycles. The van der Waals surface area contributed by atoms with Gasteiger partial charge in [-0.05, 0) is 94.8 Å². The molecule has 0 N–H and O–H groups in total. The number of Topliss-reactive ketones (excluding diaryl/α,β-unsaturated/α-hetero) is 11. The van der Waals surface area contributed by atoms with E-state index in [1.807, 2.05) is 83.1 Å². The van der Waals surface area contributed by atoms with Gasteiger partial charge in [-0.2, -0.15) is 0 Å². The van der Waals surface area contributed by atoms with Crippen LogP contribution in [0.2, 0.25) is 0 Å². The number of ether oxygens (including phenoxy) is 1. The average molecular weight is 1210 g/mol. The van der Waals surface area contributed by atoms with Gasteiger partial charge in [-0.15, -0.1) is 0 Å². The average Bonchev–Trinajstić information content (AvgIpc) is 2.89. The molecule has 0 saturated heterocycles. The number of carbonyl (C=O) groups is 12. The Morgan fingerprint density at radius 3 is 0.605 bits per heavy atom. The van der Waals surface area contributed by atoms with Crippen molar-refractivity contribution in [2.75, 3.05) is 7.11 Å². The van der Waals surface area contributed by atoms with Crippen LogP contribution in [0.4, 0.5) is 0 Å². The van der Waals surface area contributed by atoms with E-state index in [9.17, 15) is 57.5 Å². The van der Waals surface area contributed by atoms with E-state index in [0.717, 1.165) is 0 Å². The van der Waals surface area contributed by atoms with Crippen molar-refractivity contribution in [3.63, 3.8) is 0 Å². The summed E-state index contributed by atoms with van der Waals surface area (Å²) >= 11 is 0. The number of esters is 1. The van der Waals surface area contributed by atoms with Crippen LogP contribution < -0.4 is 0 Å². The molecule has 0 spiro atoms. The molecule has 0 aliphatic rings. The van der Waals surface area contributed by atoms with Crippen LogP contribution in [0.5, 0.6) is 0 Å². The van der Waals surface area contributed by atoms with Crippen LogP contribution in [0, 0.1) is 110 Å². The lowest BCUT2D eigenvalue weighted by molar-refractivity contribution is -0.153. The maximum Gasteiger partial charge on any atom is 0.311 e. The smallest absolute Gasteiger partial charge is 0.311 e. The lowest BCUT2D eigenvalue weighted by atomic mass is 9.70. The van der Waals surface area contributed by atoms with Gasteiger partial charge in [0.05, 0.1) is 12.5 Å². The molecule has 6 atom stereocenters. The van der Waals surface area contributed by atoms with Crippen molar-refractivity contribution in [1.29, 1.82) is 0 Å². The van der Waals surface area contributed by atoms with Crippen LogP contribution in [-0.2, 0) is 62.3 Å². The van der Waals surface area contributed by atoms with Gasteiger partial charge < -0.3 is 4.74 Å². The van der Waals surface area contributed by atoms with Crippen LogP contribution in [-0.4, -0.2) is 76.7 Å². The molecule has 0 aliphatic carbocycles. The first-order valence-corrected chi connectivity index (χ1v) is 32.5. The lowest BCUT2D eigenvalue weighted by Crippen LogP contribution is -2.38. The molecule has 0 aliphatic heterocycles. The van der Waals surface area contributed by atoms with Gasteiger partial charge in [0.25, 0.3) is 0 Å². The van der Waals surface area contributed by atoms with Crippen molar-refractivity contribution in [3.05, 3.63) is 6.92 Å². The number of carbonyl (C=O) groups excluding carboxylic acids is 12. The highest BCUT2D eigenvalue weighted by molar-refractivity contribution is 6.00. The maximum absolute atomic E-state index is 14.5. The van der Waals surface area contributed by atoms with Crippen LogP contribution >= 0.6 is 0 Å². The highest BCUT2D eigenvalue weighted by Crippen LogP contribution is 2.40. The molecule has 86 heavy (non-hydrogen) atoms. The first-order valence-electron chi connectivity index (χ1n) is 32.5. The zero-order valence-corrected chi connectivity index (χ0v) is 58.8. The van der Waals surface area contributed by atoms with Crippen molar-refractivity contribution in [1.82, 2.24) is 0 Å². The van der Waals surface area contributed by atoms with Crippen LogP contribution in [0.3, 0.4) is 0 Å². The first kappa shape index (κ1) is 81.8. The number of rotatable bonds is 46. The summed E-state index contributed by atoms with van der Waals surface area (Å²) < 4.78 is 4.92. The molecule has 0 fully saturated rings. The van der Waals surface area contributed by atoms with Crippen LogP contribution in [0.25, 0.3) is 0 Å². The second-order valence-electron chi connectivity index (χ2n) is 32.7. The molecule has 13 heteroatoms. The van der Waals surface area contributed by atoms with Crippen molar-refractivity contribution in [3.8, 4) is 0 Å². The fourth-order valence-corrected chi connectivity index (χ4v) is 11.9. The van der Waals surface area contributed by atoms with Gasteiger partial charge in [-0.3, -0.25) is 57.5 Å². The predicted molar refractivity (Wildman–Crippen MR) is 343 cm³/mol. The third-order valence-corrected chi connectivity index (χ3v) is 17.6. The molecule has 0 amide bonds. The molecule has 0 aromatic heterocycles. The minimum atomic E-state index is -1.22. The Bertz CT molecular complexity index is 2350. The van der Waals surface area contributed by atoms with Gasteiger partial charge in [0.1, 0.15) is 63.6 Å². The minimum absolute atomic E-state index is 0.00379. The lowest BCUT2D eigenvalue weighted by Gasteiger charge is -2.31. The van der Waals surface area contributed by atoms with Crippen molar-refractivity contribution < 1.29 is 62.3 Å². The third-order valence-electron chi connectivity index (χ3n) is 17.6. The second kappa shape index (κ2) is 34.7. The van der Waals surface area contributed by atoms with Crippen molar-refractivity contribution in [2.45, 2.75) is 275 Å². The molecule has 2 radical (unpaired) electrons. The number of hydrogen-bond donors (Lipinski definition) is 0. The summed E-state index contributed by atoms with van der Waals surface area (Å²) in [4.78, 5) is 167. The van der Waals surface area contributed by atoms with Gasteiger partial charge in [0.2, 0.25) is 0 Å². The van der Waals surface area contributed by atoms with Gasteiger partial charge in [-0.25, -0.2) is 0 Å². The number of ketones is 11. The number of hydrogen-bond acceptors (Lipinski definition) is 13. The second-order valence-corrected chi connectivity index (χ2v) is 32.7. The third kappa shape index (κ3) is 28.6. The number of methoxy groups -OCH3 is 1. The topological polar surface area (TPSA) is 214 Å². The summed E-state index contributed by atoms with van der Waals surface area (Å²) in [6.07, 6.45) is 1.06. The normalized spacial score (nSPS) is 15.2. The molecule has 0 bridgehead atoms. The van der Waals surface area contributed by atoms with Crippen LogP contribution in [0.15, 0.2) is 0 Å². The van der Waals surface area contributed by atoms with Gasteiger partial charge in [0.15, 0.2) is 0 Å². The monoisotopic (exact) mass is 1210 g/mol. The zero-order valence-electron chi connectivity index (χ0n) is 58.8. The molecular formula is C73H122O13. The largest absolute Gasteiger partial charge is 0.469 e. The maximum atomic E-state index is 14.5. The zero-order chi connectivity index (χ0) is 67.6. The Kier molecular flexibility index (Phi) is 33.0.